The van der Waals surface area contributed by atoms with Crippen LogP contribution in [0.4, 0.5) is 0 Å². The zero-order valence-electron chi connectivity index (χ0n) is 12.0. The smallest absolute Gasteiger partial charge is 0.227 e. The molecule has 0 aromatic rings. The summed E-state index contributed by atoms with van der Waals surface area (Å²) >= 11 is 0. The lowest BCUT2D eigenvalue weighted by Crippen LogP contribution is -2.42. The number of nitrogens with zero attached hydrogens (tertiary/aromatic N) is 2. The molecule has 0 aromatic heterocycles. The van der Waals surface area contributed by atoms with Crippen molar-refractivity contribution >= 4 is 21.7 Å². The standard InChI is InChI=1S/C13H22N2O4S/c1-14-11-5-3-4-10(13(14)17)8-15(9-11)12(16)6-7-20(2,18)19/h10-11H,3-9H2,1-2H3/t10-,11+/m1/s1. The highest BCUT2D eigenvalue weighted by molar-refractivity contribution is 7.90. The van der Waals surface area contributed by atoms with Gasteiger partial charge in [-0.1, -0.05) is 6.42 Å². The third-order valence-electron chi connectivity index (χ3n) is 4.25. The molecule has 114 valence electrons. The number of likely N-dealkylation sites (N-methyl/N-ethyl adjacent to an activating group) is 1. The summed E-state index contributed by atoms with van der Waals surface area (Å²) < 4.78 is 22.3. The monoisotopic (exact) mass is 302 g/mol. The molecule has 7 heteroatoms. The number of hydrogen-bond acceptors (Lipinski definition) is 4. The van der Waals surface area contributed by atoms with E-state index in [9.17, 15) is 18.0 Å². The van der Waals surface area contributed by atoms with E-state index in [1.807, 2.05) is 0 Å². The minimum Gasteiger partial charge on any atom is -0.341 e. The van der Waals surface area contributed by atoms with E-state index < -0.39 is 9.84 Å². The summed E-state index contributed by atoms with van der Waals surface area (Å²) in [7, 11) is -1.33. The van der Waals surface area contributed by atoms with Crippen LogP contribution in [-0.4, -0.2) is 68.2 Å². The van der Waals surface area contributed by atoms with Crippen molar-refractivity contribution in [2.75, 3.05) is 32.1 Å². The van der Waals surface area contributed by atoms with Gasteiger partial charge in [-0.05, 0) is 12.8 Å². The van der Waals surface area contributed by atoms with Crippen LogP contribution in [0.1, 0.15) is 25.7 Å². The molecule has 0 spiro atoms. The highest BCUT2D eigenvalue weighted by Crippen LogP contribution is 2.27. The van der Waals surface area contributed by atoms with Crippen LogP contribution >= 0.6 is 0 Å². The van der Waals surface area contributed by atoms with Crippen molar-refractivity contribution < 1.29 is 18.0 Å². The molecule has 0 saturated carbocycles. The second-order valence-electron chi connectivity index (χ2n) is 5.91. The summed E-state index contributed by atoms with van der Waals surface area (Å²) in [5, 5.41) is 0. The number of fused-ring (bicyclic) bond motifs is 3. The van der Waals surface area contributed by atoms with Gasteiger partial charge in [0.1, 0.15) is 9.84 Å². The van der Waals surface area contributed by atoms with Crippen molar-refractivity contribution in [1.29, 1.82) is 0 Å². The molecule has 0 aromatic carbocycles. The second kappa shape index (κ2) is 5.71. The molecule has 6 nitrogen and oxygen atoms in total. The highest BCUT2D eigenvalue weighted by atomic mass is 32.2. The Morgan fingerprint density at radius 3 is 2.65 bits per heavy atom. The first-order chi connectivity index (χ1) is 9.28. The van der Waals surface area contributed by atoms with E-state index in [0.717, 1.165) is 25.5 Å². The Kier molecular flexibility index (Phi) is 4.36. The molecule has 0 aliphatic carbocycles. The van der Waals surface area contributed by atoms with Gasteiger partial charge in [-0.25, -0.2) is 8.42 Å². The number of amides is 2. The normalized spacial score (nSPS) is 27.4. The summed E-state index contributed by atoms with van der Waals surface area (Å²) in [5.41, 5.74) is 0. The van der Waals surface area contributed by atoms with Gasteiger partial charge in [-0.3, -0.25) is 9.59 Å². The molecule has 0 radical (unpaired) electrons. The van der Waals surface area contributed by atoms with Crippen LogP contribution in [0.3, 0.4) is 0 Å². The van der Waals surface area contributed by atoms with Crippen molar-refractivity contribution in [3.8, 4) is 0 Å². The quantitative estimate of drug-likeness (QED) is 0.729. The average molecular weight is 302 g/mol. The van der Waals surface area contributed by atoms with Crippen LogP contribution in [0.15, 0.2) is 0 Å². The van der Waals surface area contributed by atoms with Gasteiger partial charge in [0, 0.05) is 38.9 Å². The molecule has 2 saturated heterocycles. The zero-order chi connectivity index (χ0) is 14.9. The molecule has 2 bridgehead atoms. The first-order valence-corrected chi connectivity index (χ1v) is 9.06. The number of carbonyl (C=O) groups is 2. The lowest BCUT2D eigenvalue weighted by atomic mass is 9.99. The summed E-state index contributed by atoms with van der Waals surface area (Å²) in [6, 6.07) is 0.0668. The molecular weight excluding hydrogens is 280 g/mol. The summed E-state index contributed by atoms with van der Waals surface area (Å²) in [5.74, 6) is -0.294. The fourth-order valence-electron chi connectivity index (χ4n) is 3.00. The number of sulfone groups is 1. The lowest BCUT2D eigenvalue weighted by molar-refractivity contribution is -0.134. The van der Waals surface area contributed by atoms with Gasteiger partial charge in [0.2, 0.25) is 11.8 Å². The first kappa shape index (κ1) is 15.3. The SMILES string of the molecule is CN1C(=O)[C@@H]2CCC[C@H]1CN(C(=O)CCS(C)(=O)=O)C2. The third kappa shape index (κ3) is 3.50. The fourth-order valence-corrected chi connectivity index (χ4v) is 3.54. The van der Waals surface area contributed by atoms with Gasteiger partial charge in [0.25, 0.3) is 0 Å². The van der Waals surface area contributed by atoms with Crippen molar-refractivity contribution in [1.82, 2.24) is 9.80 Å². The van der Waals surface area contributed by atoms with E-state index >= 15 is 0 Å². The van der Waals surface area contributed by atoms with Crippen LogP contribution in [0.2, 0.25) is 0 Å². The Labute approximate surface area is 120 Å². The Hall–Kier alpha value is -1.11. The van der Waals surface area contributed by atoms with Gasteiger partial charge in [0.05, 0.1) is 11.7 Å². The molecule has 20 heavy (non-hydrogen) atoms. The Morgan fingerprint density at radius 2 is 2.00 bits per heavy atom. The fraction of sp³-hybridized carbons (Fsp3) is 0.846. The Balaban J connectivity index is 2.07. The largest absolute Gasteiger partial charge is 0.341 e. The van der Waals surface area contributed by atoms with Gasteiger partial charge in [-0.15, -0.1) is 0 Å². The Morgan fingerprint density at radius 1 is 1.30 bits per heavy atom. The predicted molar refractivity (Wildman–Crippen MR) is 74.8 cm³/mol. The number of rotatable bonds is 3. The molecule has 2 rings (SSSR count). The van der Waals surface area contributed by atoms with Crippen LogP contribution < -0.4 is 0 Å². The number of hydrogen-bond donors (Lipinski definition) is 0. The molecule has 2 amide bonds. The minimum absolute atomic E-state index is 0.0101. The van der Waals surface area contributed by atoms with Gasteiger partial charge in [0.15, 0.2) is 0 Å². The summed E-state index contributed by atoms with van der Waals surface area (Å²) in [4.78, 5) is 27.8. The molecule has 0 N–H and O–H groups in total. The molecule has 2 aliphatic rings. The Bertz CT molecular complexity index is 503. The molecule has 2 aliphatic heterocycles. The molecule has 2 heterocycles. The zero-order valence-corrected chi connectivity index (χ0v) is 12.9. The maximum atomic E-state index is 12.2. The van der Waals surface area contributed by atoms with Crippen LogP contribution in [0.5, 0.6) is 0 Å². The predicted octanol–water partition coefficient (Wildman–Crippen LogP) is -0.110. The number of likely N-dealkylation sites (tertiary alicyclic amines) is 1. The van der Waals surface area contributed by atoms with Crippen LogP contribution in [0.25, 0.3) is 0 Å². The highest BCUT2D eigenvalue weighted by Gasteiger charge is 2.37. The average Bonchev–Trinajstić information content (AvgIpc) is 2.52. The van der Waals surface area contributed by atoms with E-state index in [-0.39, 0.29) is 35.9 Å². The van der Waals surface area contributed by atoms with E-state index in [2.05, 4.69) is 0 Å². The third-order valence-corrected chi connectivity index (χ3v) is 5.19. The van der Waals surface area contributed by atoms with Gasteiger partial charge < -0.3 is 9.80 Å². The molecular formula is C13H22N2O4S. The van der Waals surface area contributed by atoms with Crippen molar-refractivity contribution in [2.24, 2.45) is 5.92 Å². The molecule has 2 fully saturated rings. The summed E-state index contributed by atoms with van der Waals surface area (Å²) in [6.45, 7) is 0.962. The molecule has 0 unspecified atom stereocenters. The van der Waals surface area contributed by atoms with Gasteiger partial charge in [-0.2, -0.15) is 0 Å². The van der Waals surface area contributed by atoms with Crippen molar-refractivity contribution in [2.45, 2.75) is 31.7 Å². The summed E-state index contributed by atoms with van der Waals surface area (Å²) in [6.07, 6.45) is 3.88. The van der Waals surface area contributed by atoms with E-state index in [1.165, 1.54) is 0 Å². The second-order valence-corrected chi connectivity index (χ2v) is 8.17. The van der Waals surface area contributed by atoms with E-state index in [1.54, 1.807) is 16.8 Å². The van der Waals surface area contributed by atoms with Crippen molar-refractivity contribution in [3.63, 3.8) is 0 Å². The van der Waals surface area contributed by atoms with Crippen molar-refractivity contribution in [3.05, 3.63) is 0 Å². The van der Waals surface area contributed by atoms with Gasteiger partial charge >= 0.3 is 0 Å². The topological polar surface area (TPSA) is 74.8 Å². The molecule has 2 atom stereocenters. The lowest BCUT2D eigenvalue weighted by Gasteiger charge is -2.29. The maximum absolute atomic E-state index is 12.2. The van der Waals surface area contributed by atoms with E-state index in [0.29, 0.717) is 13.1 Å². The number of carbonyl (C=O) groups excluding carboxylic acids is 2. The minimum atomic E-state index is -3.13. The van der Waals surface area contributed by atoms with Crippen LogP contribution in [-0.2, 0) is 19.4 Å². The maximum Gasteiger partial charge on any atom is 0.227 e. The first-order valence-electron chi connectivity index (χ1n) is 7.00. The van der Waals surface area contributed by atoms with Crippen LogP contribution in [0, 0.1) is 5.92 Å². The van der Waals surface area contributed by atoms with E-state index in [4.69, 9.17) is 0 Å².